The summed E-state index contributed by atoms with van der Waals surface area (Å²) in [5.74, 6) is -3.02. The molecule has 110 valence electrons. The molecule has 2 aromatic heterocycles. The third-order valence-electron chi connectivity index (χ3n) is 2.63. The Kier molecular flexibility index (Phi) is 4.21. The summed E-state index contributed by atoms with van der Waals surface area (Å²) in [7, 11) is 0. The summed E-state index contributed by atoms with van der Waals surface area (Å²) in [6, 6.07) is 1.29. The number of carboxylic acid groups (broad SMARTS) is 1. The summed E-state index contributed by atoms with van der Waals surface area (Å²) in [6.07, 6.45) is 0. The van der Waals surface area contributed by atoms with E-state index in [1.807, 2.05) is 22.6 Å². The van der Waals surface area contributed by atoms with E-state index in [0.717, 1.165) is 0 Å². The number of halogens is 1. The number of aromatic carboxylic acids is 1. The predicted molar refractivity (Wildman–Crippen MR) is 78.4 cm³/mol. The normalized spacial score (nSPS) is 10.6. The van der Waals surface area contributed by atoms with Crippen molar-refractivity contribution in [1.29, 1.82) is 0 Å². The zero-order chi connectivity index (χ0) is 15.7. The standard InChI is InChI=1S/C12H10IN3O5/c1-3-21-12(20)9(17)8-5(2)14-7-4-6(11(18)19)15-16(7)10(8)13/h4H,3H2,1-2H3,(H,18,19). The predicted octanol–water partition coefficient (Wildman–Crippen LogP) is 1.09. The fourth-order valence-corrected chi connectivity index (χ4v) is 2.73. The monoisotopic (exact) mass is 403 g/mol. The summed E-state index contributed by atoms with van der Waals surface area (Å²) in [4.78, 5) is 38.7. The quantitative estimate of drug-likeness (QED) is 0.268. The van der Waals surface area contributed by atoms with Gasteiger partial charge in [-0.1, -0.05) is 0 Å². The van der Waals surface area contributed by atoms with E-state index < -0.39 is 17.7 Å². The van der Waals surface area contributed by atoms with Crippen LogP contribution in [0.5, 0.6) is 0 Å². The highest BCUT2D eigenvalue weighted by Crippen LogP contribution is 2.19. The van der Waals surface area contributed by atoms with E-state index in [2.05, 4.69) is 14.8 Å². The molecule has 0 aliphatic carbocycles. The van der Waals surface area contributed by atoms with Crippen molar-refractivity contribution in [3.05, 3.63) is 26.7 Å². The van der Waals surface area contributed by atoms with Gasteiger partial charge in [0.05, 0.1) is 17.9 Å². The largest absolute Gasteiger partial charge is 0.476 e. The molecule has 8 nitrogen and oxygen atoms in total. The molecule has 0 aliphatic heterocycles. The molecule has 9 heteroatoms. The second-order valence-corrected chi connectivity index (χ2v) is 5.04. The maximum atomic E-state index is 12.1. The number of hydrogen-bond donors (Lipinski definition) is 1. The fraction of sp³-hybridized carbons (Fsp3) is 0.250. The maximum absolute atomic E-state index is 12.1. The number of aryl methyl sites for hydroxylation is 1. The topological polar surface area (TPSA) is 111 Å². The van der Waals surface area contributed by atoms with Crippen LogP contribution in [0.4, 0.5) is 0 Å². The summed E-state index contributed by atoms with van der Waals surface area (Å²) >= 11 is 1.82. The van der Waals surface area contributed by atoms with Gasteiger partial charge < -0.3 is 9.84 Å². The van der Waals surface area contributed by atoms with Crippen LogP contribution in [0.2, 0.25) is 0 Å². The van der Waals surface area contributed by atoms with Gasteiger partial charge in [-0.05, 0) is 36.4 Å². The molecule has 2 aromatic rings. The van der Waals surface area contributed by atoms with Gasteiger partial charge in [-0.3, -0.25) is 4.79 Å². The van der Waals surface area contributed by atoms with E-state index in [1.165, 1.54) is 10.6 Å². The van der Waals surface area contributed by atoms with Gasteiger partial charge >= 0.3 is 11.9 Å². The van der Waals surface area contributed by atoms with Gasteiger partial charge in [0.25, 0.3) is 5.78 Å². The molecule has 0 atom stereocenters. The number of nitrogens with zero attached hydrogens (tertiary/aromatic N) is 3. The van der Waals surface area contributed by atoms with Crippen LogP contribution in [-0.4, -0.2) is 44.0 Å². The van der Waals surface area contributed by atoms with E-state index in [1.54, 1.807) is 13.8 Å². The number of aromatic nitrogens is 3. The molecule has 0 saturated carbocycles. The number of Topliss-reactive ketones (excluding diaryl/α,β-unsaturated/α-hetero) is 1. The van der Waals surface area contributed by atoms with Crippen molar-refractivity contribution in [2.24, 2.45) is 0 Å². The molecule has 0 spiro atoms. The highest BCUT2D eigenvalue weighted by atomic mass is 127. The number of carbonyl (C=O) groups excluding carboxylic acids is 2. The number of hydrogen-bond acceptors (Lipinski definition) is 6. The van der Waals surface area contributed by atoms with Crippen molar-refractivity contribution in [1.82, 2.24) is 14.6 Å². The van der Waals surface area contributed by atoms with Crippen molar-refractivity contribution >= 4 is 46.0 Å². The first-order valence-electron chi connectivity index (χ1n) is 5.87. The smallest absolute Gasteiger partial charge is 0.379 e. The summed E-state index contributed by atoms with van der Waals surface area (Å²) < 4.78 is 6.20. The zero-order valence-electron chi connectivity index (χ0n) is 11.1. The second-order valence-electron chi connectivity index (χ2n) is 4.02. The van der Waals surface area contributed by atoms with E-state index in [4.69, 9.17) is 5.11 Å². The summed E-state index contributed by atoms with van der Waals surface area (Å²) in [5.41, 5.74) is 0.457. The van der Waals surface area contributed by atoms with E-state index in [-0.39, 0.29) is 23.5 Å². The first-order valence-corrected chi connectivity index (χ1v) is 6.95. The van der Waals surface area contributed by atoms with E-state index >= 15 is 0 Å². The minimum atomic E-state index is -1.20. The average Bonchev–Trinajstić information content (AvgIpc) is 2.83. The van der Waals surface area contributed by atoms with Gasteiger partial charge in [-0.15, -0.1) is 0 Å². The highest BCUT2D eigenvalue weighted by Gasteiger charge is 2.26. The highest BCUT2D eigenvalue weighted by molar-refractivity contribution is 14.1. The van der Waals surface area contributed by atoms with Crippen LogP contribution in [0.3, 0.4) is 0 Å². The lowest BCUT2D eigenvalue weighted by Crippen LogP contribution is -2.22. The molecule has 2 heterocycles. The number of carbonyl (C=O) groups is 3. The zero-order valence-corrected chi connectivity index (χ0v) is 13.2. The van der Waals surface area contributed by atoms with Gasteiger partial charge in [-0.2, -0.15) is 5.10 Å². The third-order valence-corrected chi connectivity index (χ3v) is 3.63. The Hall–Kier alpha value is -2.04. The molecular weight excluding hydrogens is 393 g/mol. The molecule has 0 saturated heterocycles. The van der Waals surface area contributed by atoms with Crippen LogP contribution in [0.15, 0.2) is 6.07 Å². The van der Waals surface area contributed by atoms with Crippen molar-refractivity contribution < 1.29 is 24.2 Å². The number of rotatable bonds is 4. The Morgan fingerprint density at radius 3 is 2.67 bits per heavy atom. The van der Waals surface area contributed by atoms with Crippen molar-refractivity contribution in [3.63, 3.8) is 0 Å². The van der Waals surface area contributed by atoms with Gasteiger partial charge in [0, 0.05) is 6.07 Å². The van der Waals surface area contributed by atoms with Crippen molar-refractivity contribution in [2.45, 2.75) is 13.8 Å². The van der Waals surface area contributed by atoms with Gasteiger partial charge in [-0.25, -0.2) is 19.1 Å². The molecule has 0 bridgehead atoms. The summed E-state index contributed by atoms with van der Waals surface area (Å²) in [6.45, 7) is 3.24. The van der Waals surface area contributed by atoms with E-state index in [0.29, 0.717) is 9.39 Å². The molecule has 0 aromatic carbocycles. The van der Waals surface area contributed by atoms with Crippen LogP contribution in [0, 0.1) is 10.6 Å². The lowest BCUT2D eigenvalue weighted by atomic mass is 10.1. The first kappa shape index (κ1) is 15.4. The van der Waals surface area contributed by atoms with Gasteiger partial charge in [0.2, 0.25) is 0 Å². The number of esters is 1. The number of carboxylic acids is 1. The molecule has 0 unspecified atom stereocenters. The fourth-order valence-electron chi connectivity index (χ4n) is 1.74. The Balaban J connectivity index is 2.62. The molecule has 21 heavy (non-hydrogen) atoms. The minimum absolute atomic E-state index is 0.0570. The third kappa shape index (κ3) is 2.73. The molecule has 0 amide bonds. The van der Waals surface area contributed by atoms with Crippen LogP contribution in [-0.2, 0) is 9.53 Å². The Bertz CT molecular complexity index is 768. The maximum Gasteiger partial charge on any atom is 0.379 e. The van der Waals surface area contributed by atoms with Crippen LogP contribution in [0.25, 0.3) is 5.65 Å². The minimum Gasteiger partial charge on any atom is -0.476 e. The molecular formula is C12H10IN3O5. The number of ketones is 1. The summed E-state index contributed by atoms with van der Waals surface area (Å²) in [5, 5.41) is 12.8. The molecule has 1 N–H and O–H groups in total. The SMILES string of the molecule is CCOC(=O)C(=O)c1c(C)nc2cc(C(=O)O)nn2c1I. The lowest BCUT2D eigenvalue weighted by Gasteiger charge is -2.08. The Morgan fingerprint density at radius 1 is 1.43 bits per heavy atom. The lowest BCUT2D eigenvalue weighted by molar-refractivity contribution is -0.137. The first-order chi connectivity index (χ1) is 9.86. The van der Waals surface area contributed by atoms with Crippen molar-refractivity contribution in [3.8, 4) is 0 Å². The number of ether oxygens (including phenoxy) is 1. The average molecular weight is 403 g/mol. The van der Waals surface area contributed by atoms with Crippen molar-refractivity contribution in [2.75, 3.05) is 6.61 Å². The second kappa shape index (κ2) is 5.76. The molecule has 0 radical (unpaired) electrons. The van der Waals surface area contributed by atoms with Crippen LogP contribution >= 0.6 is 22.6 Å². The molecule has 0 aliphatic rings. The van der Waals surface area contributed by atoms with Gasteiger partial charge in [0.15, 0.2) is 11.3 Å². The Labute approximate surface area is 132 Å². The van der Waals surface area contributed by atoms with Crippen LogP contribution < -0.4 is 0 Å². The number of fused-ring (bicyclic) bond motifs is 1. The Morgan fingerprint density at radius 2 is 2.10 bits per heavy atom. The van der Waals surface area contributed by atoms with Gasteiger partial charge in [0.1, 0.15) is 3.70 Å². The molecule has 2 rings (SSSR count). The van der Waals surface area contributed by atoms with E-state index in [9.17, 15) is 14.4 Å². The van der Waals surface area contributed by atoms with Crippen LogP contribution in [0.1, 0.15) is 33.5 Å². The molecule has 0 fully saturated rings.